The van der Waals surface area contributed by atoms with Crippen LogP contribution in [0.2, 0.25) is 0 Å². The lowest BCUT2D eigenvalue weighted by molar-refractivity contribution is 0.294. The smallest absolute Gasteiger partial charge is 0.335 e. The maximum atomic E-state index is 11.9. The minimum absolute atomic E-state index is 0.122. The van der Waals surface area contributed by atoms with E-state index >= 15 is 0 Å². The van der Waals surface area contributed by atoms with Gasteiger partial charge in [0.15, 0.2) is 0 Å². The van der Waals surface area contributed by atoms with E-state index in [1.165, 1.54) is 0 Å². The molecule has 8 nitrogen and oxygen atoms in total. The molecule has 2 rings (SSSR count). The highest BCUT2D eigenvalue weighted by Crippen LogP contribution is 2.15. The molecule has 0 fully saturated rings. The van der Waals surface area contributed by atoms with Crippen molar-refractivity contribution in [3.8, 4) is 11.6 Å². The third-order valence-corrected chi connectivity index (χ3v) is 2.92. The third-order valence-electron chi connectivity index (χ3n) is 2.92. The summed E-state index contributed by atoms with van der Waals surface area (Å²) in [5, 5.41) is 22.5. The summed E-state index contributed by atoms with van der Waals surface area (Å²) in [6.07, 6.45) is 1.09. The molecule has 0 amide bonds. The Hall–Kier alpha value is -2.87. The van der Waals surface area contributed by atoms with Crippen molar-refractivity contribution in [3.63, 3.8) is 0 Å². The monoisotopic (exact) mass is 304 g/mol. The number of nitrogens with one attached hydrogen (secondary N) is 2. The number of H-pyrrole nitrogens is 1. The molecule has 8 heteroatoms. The zero-order chi connectivity index (χ0) is 16.1. The molecule has 0 radical (unpaired) electrons. The van der Waals surface area contributed by atoms with Crippen LogP contribution in [-0.4, -0.2) is 39.1 Å². The SMILES string of the molecule is Cc1ccc(-n2c(O)c(/C=N/NCCO)c(=O)[nH]c2=O)cc1. The van der Waals surface area contributed by atoms with E-state index in [4.69, 9.17) is 5.11 Å². The number of aromatic hydroxyl groups is 1. The molecule has 0 aliphatic heterocycles. The highest BCUT2D eigenvalue weighted by atomic mass is 16.3. The first kappa shape index (κ1) is 15.5. The topological polar surface area (TPSA) is 120 Å². The number of aliphatic hydroxyl groups is 1. The van der Waals surface area contributed by atoms with Crippen molar-refractivity contribution in [2.24, 2.45) is 5.10 Å². The third kappa shape index (κ3) is 3.23. The van der Waals surface area contributed by atoms with Crippen molar-refractivity contribution in [3.05, 3.63) is 56.2 Å². The summed E-state index contributed by atoms with van der Waals surface area (Å²) < 4.78 is 0.980. The molecule has 0 aliphatic carbocycles. The fourth-order valence-electron chi connectivity index (χ4n) is 1.81. The van der Waals surface area contributed by atoms with Crippen LogP contribution in [0.15, 0.2) is 39.0 Å². The zero-order valence-corrected chi connectivity index (χ0v) is 11.9. The number of aryl methyl sites for hydroxylation is 1. The minimum Gasteiger partial charge on any atom is -0.493 e. The van der Waals surface area contributed by atoms with Gasteiger partial charge in [-0.2, -0.15) is 5.10 Å². The average Bonchev–Trinajstić information content (AvgIpc) is 2.48. The molecule has 1 aromatic carbocycles. The molecule has 2 aromatic rings. The van der Waals surface area contributed by atoms with E-state index in [-0.39, 0.29) is 18.7 Å². The maximum absolute atomic E-state index is 11.9. The predicted molar refractivity (Wildman–Crippen MR) is 81.7 cm³/mol. The summed E-state index contributed by atoms with van der Waals surface area (Å²) >= 11 is 0. The fraction of sp³-hybridized carbons (Fsp3) is 0.214. The van der Waals surface area contributed by atoms with Gasteiger partial charge in [-0.25, -0.2) is 9.36 Å². The number of hydrazone groups is 1. The fourth-order valence-corrected chi connectivity index (χ4v) is 1.81. The van der Waals surface area contributed by atoms with Crippen LogP contribution in [0.4, 0.5) is 0 Å². The predicted octanol–water partition coefficient (Wildman–Crippen LogP) is -0.544. The van der Waals surface area contributed by atoms with Crippen LogP contribution in [-0.2, 0) is 0 Å². The molecule has 0 aliphatic rings. The van der Waals surface area contributed by atoms with Crippen LogP contribution in [0, 0.1) is 6.92 Å². The Kier molecular flexibility index (Phi) is 4.74. The molecule has 22 heavy (non-hydrogen) atoms. The number of benzene rings is 1. The van der Waals surface area contributed by atoms with Gasteiger partial charge in [-0.1, -0.05) is 17.7 Å². The number of rotatable bonds is 5. The quantitative estimate of drug-likeness (QED) is 0.336. The molecule has 116 valence electrons. The summed E-state index contributed by atoms with van der Waals surface area (Å²) in [7, 11) is 0. The highest BCUT2D eigenvalue weighted by Gasteiger charge is 2.13. The van der Waals surface area contributed by atoms with E-state index in [2.05, 4.69) is 15.5 Å². The highest BCUT2D eigenvalue weighted by molar-refractivity contribution is 5.82. The summed E-state index contributed by atoms with van der Waals surface area (Å²) in [5.74, 6) is -0.507. The van der Waals surface area contributed by atoms with Crippen molar-refractivity contribution < 1.29 is 10.2 Å². The van der Waals surface area contributed by atoms with Crippen LogP contribution in [0.5, 0.6) is 5.88 Å². The van der Waals surface area contributed by atoms with Crippen LogP contribution < -0.4 is 16.7 Å². The first-order valence-electron chi connectivity index (χ1n) is 6.56. The number of hydrogen-bond acceptors (Lipinski definition) is 6. The number of hydrogen-bond donors (Lipinski definition) is 4. The average molecular weight is 304 g/mol. The first-order valence-corrected chi connectivity index (χ1v) is 6.56. The molecule has 0 saturated heterocycles. The maximum Gasteiger partial charge on any atom is 0.335 e. The number of aliphatic hydroxyl groups excluding tert-OH is 1. The van der Waals surface area contributed by atoms with Gasteiger partial charge in [0.2, 0.25) is 5.88 Å². The Bertz CT molecular complexity index is 790. The van der Waals surface area contributed by atoms with Crippen molar-refractivity contribution in [1.29, 1.82) is 0 Å². The molecule has 0 unspecified atom stereocenters. The standard InChI is InChI=1S/C14H16N4O4/c1-9-2-4-10(5-3-9)18-13(21)11(8-16-15-6-7-19)12(20)17-14(18)22/h2-5,8,15,19,21H,6-7H2,1H3,(H,17,20,22)/b16-8+. The number of aromatic nitrogens is 2. The second-order valence-electron chi connectivity index (χ2n) is 4.56. The summed E-state index contributed by atoms with van der Waals surface area (Å²) in [6.45, 7) is 1.97. The van der Waals surface area contributed by atoms with Gasteiger partial charge in [0.05, 0.1) is 25.1 Å². The van der Waals surface area contributed by atoms with Crippen molar-refractivity contribution in [2.45, 2.75) is 6.92 Å². The molecule has 0 atom stereocenters. The van der Waals surface area contributed by atoms with E-state index in [9.17, 15) is 14.7 Å². The summed E-state index contributed by atoms with van der Waals surface area (Å²) in [6, 6.07) is 6.87. The molecule has 4 N–H and O–H groups in total. The van der Waals surface area contributed by atoms with Gasteiger partial charge in [-0.3, -0.25) is 9.78 Å². The van der Waals surface area contributed by atoms with E-state index in [1.807, 2.05) is 6.92 Å². The van der Waals surface area contributed by atoms with Crippen molar-refractivity contribution in [2.75, 3.05) is 13.2 Å². The van der Waals surface area contributed by atoms with Crippen LogP contribution in [0.3, 0.4) is 0 Å². The Labute approximate surface area is 125 Å². The van der Waals surface area contributed by atoms with E-state index < -0.39 is 17.1 Å². The lowest BCUT2D eigenvalue weighted by atomic mass is 10.2. The van der Waals surface area contributed by atoms with Gasteiger partial charge in [-0.05, 0) is 19.1 Å². The summed E-state index contributed by atoms with van der Waals surface area (Å²) in [4.78, 5) is 25.8. The van der Waals surface area contributed by atoms with E-state index in [0.717, 1.165) is 16.3 Å². The molecular formula is C14H16N4O4. The minimum atomic E-state index is -0.750. The van der Waals surface area contributed by atoms with Crippen LogP contribution in [0.25, 0.3) is 5.69 Å². The normalized spacial score (nSPS) is 11.0. The second kappa shape index (κ2) is 6.72. The lowest BCUT2D eigenvalue weighted by Gasteiger charge is -2.09. The zero-order valence-electron chi connectivity index (χ0n) is 11.9. The van der Waals surface area contributed by atoms with Crippen LogP contribution >= 0.6 is 0 Å². The van der Waals surface area contributed by atoms with E-state index in [0.29, 0.717) is 5.69 Å². The first-order chi connectivity index (χ1) is 10.5. The summed E-state index contributed by atoms with van der Waals surface area (Å²) in [5.41, 5.74) is 2.25. The van der Waals surface area contributed by atoms with Gasteiger partial charge < -0.3 is 15.6 Å². The van der Waals surface area contributed by atoms with Crippen molar-refractivity contribution >= 4 is 6.21 Å². The van der Waals surface area contributed by atoms with Gasteiger partial charge in [0, 0.05) is 0 Å². The van der Waals surface area contributed by atoms with Crippen molar-refractivity contribution in [1.82, 2.24) is 15.0 Å². The lowest BCUT2D eigenvalue weighted by Crippen LogP contribution is -2.31. The Balaban J connectivity index is 2.51. The molecule has 0 spiro atoms. The Morgan fingerprint density at radius 3 is 2.64 bits per heavy atom. The number of aromatic amines is 1. The second-order valence-corrected chi connectivity index (χ2v) is 4.56. The number of nitrogens with zero attached hydrogens (tertiary/aromatic N) is 2. The van der Waals surface area contributed by atoms with Gasteiger partial charge in [0.1, 0.15) is 5.56 Å². The largest absolute Gasteiger partial charge is 0.493 e. The Morgan fingerprint density at radius 2 is 2.00 bits per heavy atom. The van der Waals surface area contributed by atoms with Gasteiger partial charge in [-0.15, -0.1) is 0 Å². The van der Waals surface area contributed by atoms with E-state index in [1.54, 1.807) is 24.3 Å². The van der Waals surface area contributed by atoms with Gasteiger partial charge >= 0.3 is 5.69 Å². The molecule has 1 heterocycles. The Morgan fingerprint density at radius 1 is 1.32 bits per heavy atom. The molecule has 0 bridgehead atoms. The van der Waals surface area contributed by atoms with Crippen LogP contribution in [0.1, 0.15) is 11.1 Å². The molecular weight excluding hydrogens is 288 g/mol. The molecule has 1 aromatic heterocycles. The van der Waals surface area contributed by atoms with Gasteiger partial charge in [0.25, 0.3) is 5.56 Å². The molecule has 0 saturated carbocycles.